The molecule has 1 aromatic carbocycles. The predicted molar refractivity (Wildman–Crippen MR) is 50.6 cm³/mol. The van der Waals surface area contributed by atoms with Crippen LogP contribution in [0, 0.1) is 18.6 Å². The van der Waals surface area contributed by atoms with Gasteiger partial charge in [-0.05, 0) is 35.2 Å². The first-order chi connectivity index (χ1) is 5.57. The van der Waals surface area contributed by atoms with Crippen LogP contribution in [0.15, 0.2) is 15.4 Å². The van der Waals surface area contributed by atoms with E-state index >= 15 is 0 Å². The van der Waals surface area contributed by atoms with Gasteiger partial charge in [-0.15, -0.1) is 11.8 Å². The predicted octanol–water partition coefficient (Wildman–Crippen LogP) is 3.76. The van der Waals surface area contributed by atoms with Gasteiger partial charge < -0.3 is 0 Å². The summed E-state index contributed by atoms with van der Waals surface area (Å²) in [6, 6.07) is 1.28. The molecule has 0 radical (unpaired) electrons. The Kier molecular flexibility index (Phi) is 3.12. The van der Waals surface area contributed by atoms with Crippen molar-refractivity contribution in [1.82, 2.24) is 0 Å². The fourth-order valence-electron chi connectivity index (χ4n) is 0.852. The first-order valence-corrected chi connectivity index (χ1v) is 5.27. The average Bonchev–Trinajstić information content (AvgIpc) is 2.01. The summed E-state index contributed by atoms with van der Waals surface area (Å²) >= 11 is 4.35. The fraction of sp³-hybridized carbons (Fsp3) is 0.250. The first-order valence-electron chi connectivity index (χ1n) is 3.26. The van der Waals surface area contributed by atoms with Crippen LogP contribution in [-0.4, -0.2) is 6.26 Å². The van der Waals surface area contributed by atoms with Gasteiger partial charge in [-0.2, -0.15) is 0 Å². The number of hydrogen-bond acceptors (Lipinski definition) is 1. The minimum atomic E-state index is -0.517. The maximum absolute atomic E-state index is 13.2. The largest absolute Gasteiger partial charge is 0.207 e. The quantitative estimate of drug-likeness (QED) is 0.687. The Balaban J connectivity index is 3.40. The van der Waals surface area contributed by atoms with E-state index in [0.717, 1.165) is 0 Å². The summed E-state index contributed by atoms with van der Waals surface area (Å²) in [5.41, 5.74) is 0.0718. The monoisotopic (exact) mass is 252 g/mol. The van der Waals surface area contributed by atoms with Crippen LogP contribution in [0.5, 0.6) is 0 Å². The molecule has 0 amide bonds. The number of thioether (sulfide) groups is 1. The summed E-state index contributed by atoms with van der Waals surface area (Å²) in [7, 11) is 0. The lowest BCUT2D eigenvalue weighted by molar-refractivity contribution is 0.548. The zero-order valence-corrected chi connectivity index (χ0v) is 9.02. The van der Waals surface area contributed by atoms with Crippen LogP contribution in [0.4, 0.5) is 8.78 Å². The Morgan fingerprint density at radius 1 is 1.42 bits per heavy atom. The summed E-state index contributed by atoms with van der Waals surface area (Å²) in [4.78, 5) is 0.453. The zero-order valence-electron chi connectivity index (χ0n) is 6.62. The molecule has 0 saturated carbocycles. The second-order valence-electron chi connectivity index (χ2n) is 2.31. The van der Waals surface area contributed by atoms with Crippen molar-refractivity contribution < 1.29 is 8.78 Å². The molecule has 0 N–H and O–H groups in total. The fourth-order valence-corrected chi connectivity index (χ4v) is 2.30. The third-order valence-corrected chi connectivity index (χ3v) is 3.26. The Morgan fingerprint density at radius 3 is 2.50 bits per heavy atom. The van der Waals surface area contributed by atoms with Crippen molar-refractivity contribution >= 4 is 27.7 Å². The molecule has 0 aliphatic heterocycles. The van der Waals surface area contributed by atoms with E-state index in [1.165, 1.54) is 24.8 Å². The molecule has 0 aliphatic rings. The molecule has 0 unspecified atom stereocenters. The minimum absolute atomic E-state index is 0.0718. The number of halogens is 3. The molecule has 0 saturated heterocycles. The van der Waals surface area contributed by atoms with Crippen molar-refractivity contribution in [1.29, 1.82) is 0 Å². The van der Waals surface area contributed by atoms with Crippen LogP contribution < -0.4 is 0 Å². The summed E-state index contributed by atoms with van der Waals surface area (Å²) in [6.07, 6.45) is 1.75. The van der Waals surface area contributed by atoms with Gasteiger partial charge in [-0.3, -0.25) is 0 Å². The SMILES string of the molecule is CSc1c(Br)cc(F)c(C)c1F. The molecule has 0 heterocycles. The van der Waals surface area contributed by atoms with E-state index < -0.39 is 11.6 Å². The molecule has 66 valence electrons. The van der Waals surface area contributed by atoms with Crippen LogP contribution >= 0.6 is 27.7 Å². The van der Waals surface area contributed by atoms with E-state index in [1.807, 2.05) is 0 Å². The van der Waals surface area contributed by atoms with Gasteiger partial charge >= 0.3 is 0 Å². The lowest BCUT2D eigenvalue weighted by Gasteiger charge is -2.05. The molecule has 1 aromatic rings. The summed E-state index contributed by atoms with van der Waals surface area (Å²) in [5.74, 6) is -0.994. The van der Waals surface area contributed by atoms with Gasteiger partial charge in [0.1, 0.15) is 11.6 Å². The third kappa shape index (κ3) is 1.64. The summed E-state index contributed by atoms with van der Waals surface area (Å²) < 4.78 is 26.6. The van der Waals surface area contributed by atoms with Crippen LogP contribution in [0.3, 0.4) is 0 Å². The molecule has 12 heavy (non-hydrogen) atoms. The molecule has 0 fully saturated rings. The second-order valence-corrected chi connectivity index (χ2v) is 3.98. The van der Waals surface area contributed by atoms with Crippen LogP contribution in [-0.2, 0) is 0 Å². The lowest BCUT2D eigenvalue weighted by atomic mass is 10.2. The van der Waals surface area contributed by atoms with Crippen molar-refractivity contribution in [2.75, 3.05) is 6.26 Å². The first kappa shape index (κ1) is 9.99. The highest BCUT2D eigenvalue weighted by Crippen LogP contribution is 2.31. The molecule has 0 spiro atoms. The van der Waals surface area contributed by atoms with E-state index in [0.29, 0.717) is 9.37 Å². The molecular weight excluding hydrogens is 246 g/mol. The Bertz CT molecular complexity index is 312. The average molecular weight is 253 g/mol. The van der Waals surface area contributed by atoms with Crippen molar-refractivity contribution in [2.24, 2.45) is 0 Å². The van der Waals surface area contributed by atoms with E-state index in [2.05, 4.69) is 15.9 Å². The van der Waals surface area contributed by atoms with Gasteiger partial charge in [-0.1, -0.05) is 0 Å². The minimum Gasteiger partial charge on any atom is -0.207 e. The van der Waals surface area contributed by atoms with Gasteiger partial charge in [0.2, 0.25) is 0 Å². The van der Waals surface area contributed by atoms with Gasteiger partial charge in [0, 0.05) is 10.0 Å². The topological polar surface area (TPSA) is 0 Å². The van der Waals surface area contributed by atoms with E-state index in [-0.39, 0.29) is 5.56 Å². The molecule has 0 aromatic heterocycles. The summed E-state index contributed by atoms with van der Waals surface area (Å²) in [6.45, 7) is 1.43. The van der Waals surface area contributed by atoms with Crippen LogP contribution in [0.1, 0.15) is 5.56 Å². The maximum Gasteiger partial charge on any atom is 0.143 e. The maximum atomic E-state index is 13.2. The zero-order chi connectivity index (χ0) is 9.30. The number of rotatable bonds is 1. The number of hydrogen-bond donors (Lipinski definition) is 0. The second kappa shape index (κ2) is 3.75. The van der Waals surface area contributed by atoms with Crippen molar-refractivity contribution in [3.63, 3.8) is 0 Å². The van der Waals surface area contributed by atoms with Crippen molar-refractivity contribution in [2.45, 2.75) is 11.8 Å². The van der Waals surface area contributed by atoms with Gasteiger partial charge in [0.25, 0.3) is 0 Å². The highest BCUT2D eigenvalue weighted by molar-refractivity contribution is 9.10. The van der Waals surface area contributed by atoms with Gasteiger partial charge in [-0.25, -0.2) is 8.78 Å². The normalized spacial score (nSPS) is 10.4. The highest BCUT2D eigenvalue weighted by Gasteiger charge is 2.12. The lowest BCUT2D eigenvalue weighted by Crippen LogP contribution is -1.92. The molecule has 0 bridgehead atoms. The highest BCUT2D eigenvalue weighted by atomic mass is 79.9. The molecule has 1 rings (SSSR count). The smallest absolute Gasteiger partial charge is 0.143 e. The van der Waals surface area contributed by atoms with E-state index in [9.17, 15) is 8.78 Å². The molecule has 0 nitrogen and oxygen atoms in total. The van der Waals surface area contributed by atoms with Crippen molar-refractivity contribution in [3.05, 3.63) is 27.7 Å². The molecule has 4 heteroatoms. The number of benzene rings is 1. The van der Waals surface area contributed by atoms with Crippen LogP contribution in [0.2, 0.25) is 0 Å². The van der Waals surface area contributed by atoms with Gasteiger partial charge in [0.15, 0.2) is 0 Å². The standard InChI is InChI=1S/C8H7BrF2S/c1-4-6(10)3-5(9)8(12-2)7(4)11/h3H,1-2H3. The Morgan fingerprint density at radius 2 is 2.00 bits per heavy atom. The molecular formula is C8H7BrF2S. The third-order valence-electron chi connectivity index (χ3n) is 1.56. The summed E-state index contributed by atoms with van der Waals surface area (Å²) in [5, 5.41) is 0. The Labute approximate surface area is 82.5 Å². The Hall–Kier alpha value is -0.0900. The van der Waals surface area contributed by atoms with Gasteiger partial charge in [0.05, 0.1) is 4.90 Å². The van der Waals surface area contributed by atoms with Crippen molar-refractivity contribution in [3.8, 4) is 0 Å². The molecule has 0 aliphatic carbocycles. The van der Waals surface area contributed by atoms with Crippen LogP contribution in [0.25, 0.3) is 0 Å². The van der Waals surface area contributed by atoms with E-state index in [1.54, 1.807) is 6.26 Å². The molecule has 0 atom stereocenters. The van der Waals surface area contributed by atoms with E-state index in [4.69, 9.17) is 0 Å².